The van der Waals surface area contributed by atoms with Crippen molar-refractivity contribution in [2.24, 2.45) is 5.92 Å². The molecule has 8 heteroatoms. The third-order valence-corrected chi connectivity index (χ3v) is 6.15. The van der Waals surface area contributed by atoms with Crippen molar-refractivity contribution >= 4 is 28.0 Å². The molecule has 0 bridgehead atoms. The van der Waals surface area contributed by atoms with Crippen molar-refractivity contribution in [2.75, 3.05) is 39.0 Å². The molecule has 0 radical (unpaired) electrons. The molecule has 1 fully saturated rings. The van der Waals surface area contributed by atoms with E-state index in [4.69, 9.17) is 4.74 Å². The van der Waals surface area contributed by atoms with E-state index in [1.54, 1.807) is 6.07 Å². The van der Waals surface area contributed by atoms with E-state index < -0.39 is 10.0 Å². The largest absolute Gasteiger partial charge is 0.490 e. The second-order valence-electron chi connectivity index (χ2n) is 6.75. The lowest BCUT2D eigenvalue weighted by atomic mass is 9.99. The van der Waals surface area contributed by atoms with Crippen LogP contribution in [0, 0.1) is 11.7 Å². The Morgan fingerprint density at radius 2 is 2.04 bits per heavy atom. The van der Waals surface area contributed by atoms with Gasteiger partial charge in [-0.25, -0.2) is 12.8 Å². The number of nitrogens with zero attached hydrogens (tertiary/aromatic N) is 1. The molecule has 0 amide bonds. The lowest BCUT2D eigenvalue weighted by Crippen LogP contribution is -2.33. The highest BCUT2D eigenvalue weighted by atomic mass is 35.5. The molecule has 2 aliphatic rings. The van der Waals surface area contributed by atoms with E-state index >= 15 is 0 Å². The van der Waals surface area contributed by atoms with Crippen molar-refractivity contribution in [3.63, 3.8) is 0 Å². The Balaban J connectivity index is 0.00000243. The van der Waals surface area contributed by atoms with Crippen LogP contribution in [0.4, 0.5) is 4.39 Å². The minimum Gasteiger partial charge on any atom is -0.490 e. The quantitative estimate of drug-likeness (QED) is 0.819. The van der Waals surface area contributed by atoms with Crippen LogP contribution in [0.1, 0.15) is 24.8 Å². The van der Waals surface area contributed by atoms with Gasteiger partial charge >= 0.3 is 0 Å². The first-order valence-electron chi connectivity index (χ1n) is 8.71. The maximum atomic E-state index is 14.4. The Labute approximate surface area is 161 Å². The number of sulfonamides is 1. The number of ether oxygens (including phenoxy) is 1. The molecular formula is C18H26ClFN2O3S. The standard InChI is InChI=1S/C18H25FN2O3S.ClH/c1-25(22,23)21-10-6-15(7-11-21)16-2-3-18(17(19)12-16)24-13-14-4-8-20-9-5-14;/h2-3,6,12,14,20H,4-5,7-11,13H2,1H3;1H. The van der Waals surface area contributed by atoms with Gasteiger partial charge in [0.1, 0.15) is 0 Å². The average Bonchev–Trinajstić information content (AvgIpc) is 2.61. The van der Waals surface area contributed by atoms with Crippen LogP contribution in [0.3, 0.4) is 0 Å². The van der Waals surface area contributed by atoms with Gasteiger partial charge in [0.15, 0.2) is 11.6 Å². The molecule has 0 unspecified atom stereocenters. The van der Waals surface area contributed by atoms with E-state index in [0.29, 0.717) is 32.0 Å². The van der Waals surface area contributed by atoms with Crippen LogP contribution in [-0.4, -0.2) is 51.8 Å². The van der Waals surface area contributed by atoms with Gasteiger partial charge < -0.3 is 10.1 Å². The maximum Gasteiger partial charge on any atom is 0.211 e. The minimum atomic E-state index is -3.17. The van der Waals surface area contributed by atoms with Crippen LogP contribution in [0.25, 0.3) is 5.57 Å². The summed E-state index contributed by atoms with van der Waals surface area (Å²) in [7, 11) is -3.17. The summed E-state index contributed by atoms with van der Waals surface area (Å²) in [5.74, 6) is 0.401. The number of hydrogen-bond donors (Lipinski definition) is 1. The van der Waals surface area contributed by atoms with Gasteiger partial charge in [0.25, 0.3) is 0 Å². The second-order valence-corrected chi connectivity index (χ2v) is 8.73. The van der Waals surface area contributed by atoms with Gasteiger partial charge in [-0.3, -0.25) is 0 Å². The number of piperidine rings is 1. The number of halogens is 2. The number of hydrogen-bond acceptors (Lipinski definition) is 4. The molecule has 0 spiro atoms. The van der Waals surface area contributed by atoms with E-state index in [2.05, 4.69) is 5.32 Å². The number of benzene rings is 1. The first-order chi connectivity index (χ1) is 11.9. The molecule has 5 nitrogen and oxygen atoms in total. The topological polar surface area (TPSA) is 58.6 Å². The Bertz CT molecular complexity index is 749. The van der Waals surface area contributed by atoms with Crippen LogP contribution >= 0.6 is 12.4 Å². The van der Waals surface area contributed by atoms with Crippen molar-refractivity contribution in [3.05, 3.63) is 35.7 Å². The first-order valence-corrected chi connectivity index (χ1v) is 10.6. The molecule has 2 heterocycles. The van der Waals surface area contributed by atoms with Gasteiger partial charge in [-0.2, -0.15) is 4.31 Å². The van der Waals surface area contributed by atoms with Crippen molar-refractivity contribution in [1.82, 2.24) is 9.62 Å². The average molecular weight is 405 g/mol. The molecular weight excluding hydrogens is 379 g/mol. The van der Waals surface area contributed by atoms with Gasteiger partial charge in [-0.1, -0.05) is 12.1 Å². The normalized spacial score (nSPS) is 19.5. The van der Waals surface area contributed by atoms with Crippen LogP contribution in [0.5, 0.6) is 5.75 Å². The third-order valence-electron chi connectivity index (χ3n) is 4.88. The highest BCUT2D eigenvalue weighted by Gasteiger charge is 2.21. The fraction of sp³-hybridized carbons (Fsp3) is 0.556. The fourth-order valence-corrected chi connectivity index (χ4v) is 4.06. The maximum absolute atomic E-state index is 14.4. The molecule has 2 aliphatic heterocycles. The lowest BCUT2D eigenvalue weighted by molar-refractivity contribution is 0.208. The van der Waals surface area contributed by atoms with Crippen molar-refractivity contribution in [3.8, 4) is 5.75 Å². The van der Waals surface area contributed by atoms with Gasteiger partial charge in [0.05, 0.1) is 12.9 Å². The predicted octanol–water partition coefficient (Wildman–Crippen LogP) is 2.67. The molecule has 0 aromatic heterocycles. The summed E-state index contributed by atoms with van der Waals surface area (Å²) in [5.41, 5.74) is 1.77. The summed E-state index contributed by atoms with van der Waals surface area (Å²) in [5, 5.41) is 3.30. The van der Waals surface area contributed by atoms with Gasteiger partial charge in [0.2, 0.25) is 10.0 Å². The van der Waals surface area contributed by atoms with E-state index in [-0.39, 0.29) is 24.0 Å². The summed E-state index contributed by atoms with van der Waals surface area (Å²) < 4.78 is 44.5. The zero-order valence-electron chi connectivity index (χ0n) is 14.9. The second kappa shape index (κ2) is 9.17. The molecule has 0 saturated carbocycles. The van der Waals surface area contributed by atoms with Crippen LogP contribution in [0.15, 0.2) is 24.3 Å². The van der Waals surface area contributed by atoms with Crippen molar-refractivity contribution in [1.29, 1.82) is 0 Å². The van der Waals surface area contributed by atoms with Gasteiger partial charge in [0, 0.05) is 13.1 Å². The van der Waals surface area contributed by atoms with E-state index in [1.807, 2.05) is 12.1 Å². The van der Waals surface area contributed by atoms with Gasteiger partial charge in [-0.15, -0.1) is 12.4 Å². The van der Waals surface area contributed by atoms with Crippen LogP contribution in [0.2, 0.25) is 0 Å². The van der Waals surface area contributed by atoms with Gasteiger partial charge in [-0.05, 0) is 61.5 Å². The fourth-order valence-electron chi connectivity index (χ4n) is 3.29. The summed E-state index contributed by atoms with van der Waals surface area (Å²) in [6.07, 6.45) is 5.77. The monoisotopic (exact) mass is 404 g/mol. The molecule has 0 aliphatic carbocycles. The highest BCUT2D eigenvalue weighted by molar-refractivity contribution is 7.88. The Morgan fingerprint density at radius 1 is 1.31 bits per heavy atom. The Kier molecular flexibility index (Phi) is 7.46. The third kappa shape index (κ3) is 5.42. The summed E-state index contributed by atoms with van der Waals surface area (Å²) in [6.45, 7) is 3.30. The molecule has 1 saturated heterocycles. The highest BCUT2D eigenvalue weighted by Crippen LogP contribution is 2.28. The Hall–Kier alpha value is -1.15. The zero-order valence-corrected chi connectivity index (χ0v) is 16.5. The Morgan fingerprint density at radius 3 is 2.62 bits per heavy atom. The summed E-state index contributed by atoms with van der Waals surface area (Å²) >= 11 is 0. The summed E-state index contributed by atoms with van der Waals surface area (Å²) in [6, 6.07) is 5.01. The zero-order chi connectivity index (χ0) is 17.9. The lowest BCUT2D eigenvalue weighted by Gasteiger charge is -2.24. The molecule has 146 valence electrons. The molecule has 1 aromatic carbocycles. The molecule has 1 N–H and O–H groups in total. The van der Waals surface area contributed by atoms with Crippen LogP contribution < -0.4 is 10.1 Å². The smallest absolute Gasteiger partial charge is 0.211 e. The van der Waals surface area contributed by atoms with Crippen molar-refractivity contribution < 1.29 is 17.5 Å². The van der Waals surface area contributed by atoms with Crippen molar-refractivity contribution in [2.45, 2.75) is 19.3 Å². The van der Waals surface area contributed by atoms with Crippen LogP contribution in [-0.2, 0) is 10.0 Å². The number of rotatable bonds is 5. The molecule has 26 heavy (non-hydrogen) atoms. The van der Waals surface area contributed by atoms with E-state index in [9.17, 15) is 12.8 Å². The molecule has 3 rings (SSSR count). The molecule has 0 atom stereocenters. The molecule has 1 aromatic rings. The minimum absolute atomic E-state index is 0. The first kappa shape index (κ1) is 21.2. The summed E-state index contributed by atoms with van der Waals surface area (Å²) in [4.78, 5) is 0. The van der Waals surface area contributed by atoms with E-state index in [0.717, 1.165) is 37.1 Å². The number of nitrogens with one attached hydrogen (secondary N) is 1. The SMILES string of the molecule is CS(=O)(=O)N1CC=C(c2ccc(OCC3CCNCC3)c(F)c2)CC1.Cl. The van der Waals surface area contributed by atoms with E-state index in [1.165, 1.54) is 16.6 Å². The predicted molar refractivity (Wildman–Crippen MR) is 104 cm³/mol.